The first kappa shape index (κ1) is 16.1. The van der Waals surface area contributed by atoms with Crippen LogP contribution in [0.15, 0.2) is 23.6 Å². The molecule has 118 valence electrons. The van der Waals surface area contributed by atoms with Gasteiger partial charge in [-0.15, -0.1) is 11.3 Å². The molecule has 0 bridgehead atoms. The molecule has 1 aliphatic heterocycles. The third-order valence-electron chi connectivity index (χ3n) is 3.60. The highest BCUT2D eigenvalue weighted by Crippen LogP contribution is 2.32. The van der Waals surface area contributed by atoms with Crippen LogP contribution >= 0.6 is 34.5 Å². The number of nitrogens with one attached hydrogen (secondary N) is 1. The first-order valence-electron chi connectivity index (χ1n) is 6.90. The molecule has 3 rings (SSSR count). The zero-order chi connectivity index (χ0) is 16.4. The van der Waals surface area contributed by atoms with E-state index < -0.39 is 0 Å². The highest BCUT2D eigenvalue weighted by molar-refractivity contribution is 7.13. The van der Waals surface area contributed by atoms with Crippen molar-refractivity contribution in [3.05, 3.63) is 39.3 Å². The number of carbonyl (C=O) groups excluding carboxylic acids is 1. The maximum Gasteiger partial charge on any atom is 0.273 e. The van der Waals surface area contributed by atoms with Crippen LogP contribution in [0.5, 0.6) is 0 Å². The third-order valence-corrected chi connectivity index (χ3v) is 5.02. The normalized spacial score (nSPS) is 14.2. The Bertz CT molecular complexity index is 780. The lowest BCUT2D eigenvalue weighted by Crippen LogP contribution is -2.52. The van der Waals surface area contributed by atoms with Crippen LogP contribution in [0.3, 0.4) is 0 Å². The summed E-state index contributed by atoms with van der Waals surface area (Å²) < 4.78 is 0. The number of rotatable bonds is 4. The molecule has 0 unspecified atom stereocenters. The molecule has 23 heavy (non-hydrogen) atoms. The van der Waals surface area contributed by atoms with E-state index in [1.54, 1.807) is 28.5 Å². The Hall–Kier alpha value is -1.81. The van der Waals surface area contributed by atoms with E-state index >= 15 is 0 Å². The number of likely N-dealkylation sites (tertiary alicyclic amines) is 1. The molecule has 1 saturated heterocycles. The fourth-order valence-electron chi connectivity index (χ4n) is 2.38. The molecule has 5 nitrogen and oxygen atoms in total. The molecule has 1 fully saturated rings. The van der Waals surface area contributed by atoms with Crippen LogP contribution in [0.4, 0.5) is 0 Å². The van der Waals surface area contributed by atoms with Gasteiger partial charge in [0.25, 0.3) is 5.91 Å². The highest BCUT2D eigenvalue weighted by Gasteiger charge is 2.32. The van der Waals surface area contributed by atoms with Crippen molar-refractivity contribution in [2.75, 3.05) is 19.6 Å². The van der Waals surface area contributed by atoms with Crippen LogP contribution in [0.25, 0.3) is 10.6 Å². The standard InChI is InChI=1S/C15H12Cl2N4OS/c16-10-1-2-11(12(17)3-10)14-20-13(7-23-14)15(22)21-5-9(6-21)4-19-8-18/h1-3,7,9,19H,4-6H2. The number of carbonyl (C=O) groups is 1. The molecule has 8 heteroatoms. The van der Waals surface area contributed by atoms with Gasteiger partial charge in [-0.05, 0) is 18.2 Å². The summed E-state index contributed by atoms with van der Waals surface area (Å²) in [6.07, 6.45) is 1.89. The molecule has 1 aliphatic rings. The predicted octanol–water partition coefficient (Wildman–Crippen LogP) is 3.26. The summed E-state index contributed by atoms with van der Waals surface area (Å²) in [5.74, 6) is 0.230. The van der Waals surface area contributed by atoms with Gasteiger partial charge in [0.1, 0.15) is 10.7 Å². The van der Waals surface area contributed by atoms with Crippen LogP contribution < -0.4 is 5.32 Å². The molecule has 0 spiro atoms. The van der Waals surface area contributed by atoms with Crippen molar-refractivity contribution in [1.29, 1.82) is 5.26 Å². The van der Waals surface area contributed by atoms with Gasteiger partial charge in [-0.1, -0.05) is 23.2 Å². The Morgan fingerprint density at radius 1 is 1.48 bits per heavy atom. The number of hydrogen-bond donors (Lipinski definition) is 1. The van der Waals surface area contributed by atoms with Gasteiger partial charge in [0, 0.05) is 41.5 Å². The average molecular weight is 367 g/mol. The number of thiazole rings is 1. The topological polar surface area (TPSA) is 69.0 Å². The van der Waals surface area contributed by atoms with Crippen molar-refractivity contribution in [3.63, 3.8) is 0 Å². The molecule has 0 radical (unpaired) electrons. The van der Waals surface area contributed by atoms with Crippen LogP contribution in [-0.4, -0.2) is 35.4 Å². The fraction of sp³-hybridized carbons (Fsp3) is 0.267. The molecule has 2 aromatic rings. The Balaban J connectivity index is 1.68. The predicted molar refractivity (Wildman–Crippen MR) is 90.6 cm³/mol. The van der Waals surface area contributed by atoms with Gasteiger partial charge in [0.05, 0.1) is 5.02 Å². The van der Waals surface area contributed by atoms with Crippen LogP contribution in [-0.2, 0) is 0 Å². The second-order valence-electron chi connectivity index (χ2n) is 5.23. The molecule has 1 N–H and O–H groups in total. The summed E-state index contributed by atoms with van der Waals surface area (Å²) in [6, 6.07) is 5.20. The summed E-state index contributed by atoms with van der Waals surface area (Å²) in [4.78, 5) is 18.5. The summed E-state index contributed by atoms with van der Waals surface area (Å²) in [6.45, 7) is 1.88. The zero-order valence-corrected chi connectivity index (χ0v) is 14.3. The maximum absolute atomic E-state index is 12.4. The summed E-state index contributed by atoms with van der Waals surface area (Å²) in [5, 5.41) is 14.6. The number of aromatic nitrogens is 1. The molecule has 0 saturated carbocycles. The first-order chi connectivity index (χ1) is 11.1. The largest absolute Gasteiger partial charge is 0.336 e. The number of halogens is 2. The molecular formula is C15H12Cl2N4OS. The van der Waals surface area contributed by atoms with Gasteiger partial charge in [-0.25, -0.2) is 4.98 Å². The van der Waals surface area contributed by atoms with E-state index in [-0.39, 0.29) is 5.91 Å². The van der Waals surface area contributed by atoms with E-state index in [2.05, 4.69) is 10.3 Å². The van der Waals surface area contributed by atoms with Crippen molar-refractivity contribution < 1.29 is 4.79 Å². The van der Waals surface area contributed by atoms with Crippen molar-refractivity contribution in [2.45, 2.75) is 0 Å². The van der Waals surface area contributed by atoms with E-state index in [0.717, 1.165) is 5.56 Å². The van der Waals surface area contributed by atoms with Gasteiger partial charge in [-0.2, -0.15) is 5.26 Å². The Morgan fingerprint density at radius 2 is 2.26 bits per heavy atom. The van der Waals surface area contributed by atoms with E-state index in [9.17, 15) is 4.79 Å². The van der Waals surface area contributed by atoms with Crippen molar-refractivity contribution in [3.8, 4) is 16.8 Å². The van der Waals surface area contributed by atoms with Crippen molar-refractivity contribution >= 4 is 40.4 Å². The lowest BCUT2D eigenvalue weighted by molar-refractivity contribution is 0.0502. The Kier molecular flexibility index (Phi) is 4.71. The van der Waals surface area contributed by atoms with Crippen molar-refractivity contribution in [1.82, 2.24) is 15.2 Å². The van der Waals surface area contributed by atoms with Gasteiger partial charge >= 0.3 is 0 Å². The smallest absolute Gasteiger partial charge is 0.273 e. The molecule has 1 aromatic heterocycles. The minimum atomic E-state index is -0.0919. The second-order valence-corrected chi connectivity index (χ2v) is 6.93. The monoisotopic (exact) mass is 366 g/mol. The lowest BCUT2D eigenvalue weighted by Gasteiger charge is -2.38. The number of nitrogens with zero attached hydrogens (tertiary/aromatic N) is 3. The molecule has 2 heterocycles. The number of benzene rings is 1. The third kappa shape index (κ3) is 3.42. The maximum atomic E-state index is 12.4. The SMILES string of the molecule is N#CNCC1CN(C(=O)c2csc(-c3ccc(Cl)cc3Cl)n2)C1. The first-order valence-corrected chi connectivity index (χ1v) is 8.54. The van der Waals surface area contributed by atoms with Crippen LogP contribution in [0.2, 0.25) is 10.0 Å². The van der Waals surface area contributed by atoms with Gasteiger partial charge in [0.2, 0.25) is 0 Å². The highest BCUT2D eigenvalue weighted by atomic mass is 35.5. The number of amides is 1. The Morgan fingerprint density at radius 3 is 2.96 bits per heavy atom. The van der Waals surface area contributed by atoms with Gasteiger partial charge < -0.3 is 10.2 Å². The van der Waals surface area contributed by atoms with E-state index in [1.165, 1.54) is 11.3 Å². The van der Waals surface area contributed by atoms with E-state index in [1.807, 2.05) is 6.19 Å². The number of hydrogen-bond acceptors (Lipinski definition) is 5. The molecular weight excluding hydrogens is 355 g/mol. The van der Waals surface area contributed by atoms with Crippen LogP contribution in [0.1, 0.15) is 10.5 Å². The lowest BCUT2D eigenvalue weighted by atomic mass is 10.00. The molecule has 0 aliphatic carbocycles. The molecule has 1 amide bonds. The average Bonchev–Trinajstić information content (AvgIpc) is 2.95. The van der Waals surface area contributed by atoms with E-state index in [4.69, 9.17) is 28.5 Å². The number of nitriles is 1. The second kappa shape index (κ2) is 6.75. The van der Waals surface area contributed by atoms with Crippen LogP contribution in [0, 0.1) is 17.4 Å². The Labute approximate surface area is 147 Å². The van der Waals surface area contributed by atoms with Gasteiger partial charge in [0.15, 0.2) is 6.19 Å². The van der Waals surface area contributed by atoms with Gasteiger partial charge in [-0.3, -0.25) is 4.79 Å². The molecule has 1 aromatic carbocycles. The summed E-state index contributed by atoms with van der Waals surface area (Å²) in [7, 11) is 0. The van der Waals surface area contributed by atoms with Crippen molar-refractivity contribution in [2.24, 2.45) is 5.92 Å². The minimum Gasteiger partial charge on any atom is -0.336 e. The molecule has 0 atom stereocenters. The zero-order valence-electron chi connectivity index (χ0n) is 11.9. The minimum absolute atomic E-state index is 0.0919. The quantitative estimate of drug-likeness (QED) is 0.665. The summed E-state index contributed by atoms with van der Waals surface area (Å²) >= 11 is 13.4. The summed E-state index contributed by atoms with van der Waals surface area (Å²) in [5.41, 5.74) is 1.18. The fourth-order valence-corrected chi connectivity index (χ4v) is 3.76. The van der Waals surface area contributed by atoms with E-state index in [0.29, 0.717) is 46.3 Å².